The standard InChI is InChI=1S/C10H8F4N2O2S/c1-6(5-15)19(17,18)16-9-4-7(10(12,13)14)2-3-8(9)11/h2-4,6,16H,1H3. The molecule has 0 aromatic heterocycles. The predicted molar refractivity (Wildman–Crippen MR) is 59.0 cm³/mol. The molecule has 0 spiro atoms. The molecule has 0 amide bonds. The smallest absolute Gasteiger partial charge is 0.279 e. The van der Waals surface area contributed by atoms with Crippen molar-refractivity contribution in [3.8, 4) is 6.07 Å². The monoisotopic (exact) mass is 296 g/mol. The van der Waals surface area contributed by atoms with Crippen molar-refractivity contribution in [2.24, 2.45) is 0 Å². The molecule has 1 rings (SSSR count). The summed E-state index contributed by atoms with van der Waals surface area (Å²) in [5.74, 6) is -1.17. The summed E-state index contributed by atoms with van der Waals surface area (Å²) in [5, 5.41) is 6.93. The maximum Gasteiger partial charge on any atom is 0.416 e. The van der Waals surface area contributed by atoms with Crippen molar-refractivity contribution in [1.82, 2.24) is 0 Å². The van der Waals surface area contributed by atoms with Crippen LogP contribution >= 0.6 is 0 Å². The molecule has 1 aromatic rings. The average molecular weight is 296 g/mol. The molecule has 0 fully saturated rings. The highest BCUT2D eigenvalue weighted by Crippen LogP contribution is 2.32. The second-order valence-corrected chi connectivity index (χ2v) is 5.61. The number of nitrogens with one attached hydrogen (secondary N) is 1. The van der Waals surface area contributed by atoms with Crippen molar-refractivity contribution < 1.29 is 26.0 Å². The van der Waals surface area contributed by atoms with Gasteiger partial charge in [0.1, 0.15) is 5.82 Å². The number of nitriles is 1. The maximum absolute atomic E-state index is 13.3. The van der Waals surface area contributed by atoms with E-state index in [1.165, 1.54) is 6.07 Å². The van der Waals surface area contributed by atoms with E-state index in [0.29, 0.717) is 18.2 Å². The number of alkyl halides is 3. The molecule has 0 aliphatic heterocycles. The molecule has 0 saturated heterocycles. The van der Waals surface area contributed by atoms with Crippen LogP contribution in [0.15, 0.2) is 18.2 Å². The van der Waals surface area contributed by atoms with Gasteiger partial charge in [0, 0.05) is 0 Å². The van der Waals surface area contributed by atoms with E-state index in [2.05, 4.69) is 0 Å². The van der Waals surface area contributed by atoms with Crippen LogP contribution in [0.2, 0.25) is 0 Å². The molecule has 0 aliphatic carbocycles. The largest absolute Gasteiger partial charge is 0.416 e. The average Bonchev–Trinajstić information content (AvgIpc) is 2.29. The minimum atomic E-state index is -4.73. The number of sulfonamides is 1. The Morgan fingerprint density at radius 2 is 1.95 bits per heavy atom. The normalized spacial score (nSPS) is 13.7. The summed E-state index contributed by atoms with van der Waals surface area (Å²) >= 11 is 0. The number of rotatable bonds is 3. The fourth-order valence-corrected chi connectivity index (χ4v) is 1.87. The highest BCUT2D eigenvalue weighted by atomic mass is 32.2. The van der Waals surface area contributed by atoms with E-state index >= 15 is 0 Å². The molecule has 1 atom stereocenters. The Morgan fingerprint density at radius 3 is 2.42 bits per heavy atom. The molecule has 1 aromatic carbocycles. The minimum Gasteiger partial charge on any atom is -0.279 e. The van der Waals surface area contributed by atoms with Crippen LogP contribution in [0.3, 0.4) is 0 Å². The first-order chi connectivity index (χ1) is 8.58. The molecule has 0 heterocycles. The van der Waals surface area contributed by atoms with E-state index in [4.69, 9.17) is 5.26 Å². The van der Waals surface area contributed by atoms with Crippen LogP contribution in [0.1, 0.15) is 12.5 Å². The van der Waals surface area contributed by atoms with E-state index < -0.39 is 38.5 Å². The van der Waals surface area contributed by atoms with Gasteiger partial charge < -0.3 is 0 Å². The lowest BCUT2D eigenvalue weighted by atomic mass is 10.2. The molecule has 0 saturated carbocycles. The van der Waals surface area contributed by atoms with E-state index in [1.807, 2.05) is 0 Å². The lowest BCUT2D eigenvalue weighted by Crippen LogP contribution is -2.24. The third-order valence-electron chi connectivity index (χ3n) is 2.19. The Labute approximate surface area is 106 Å². The van der Waals surface area contributed by atoms with Crippen molar-refractivity contribution in [3.63, 3.8) is 0 Å². The first-order valence-corrected chi connectivity index (χ1v) is 6.40. The Hall–Kier alpha value is -1.82. The Bertz CT molecular complexity index is 619. The van der Waals surface area contributed by atoms with Gasteiger partial charge in [0.2, 0.25) is 10.0 Å². The van der Waals surface area contributed by atoms with Crippen LogP contribution in [-0.2, 0) is 16.2 Å². The van der Waals surface area contributed by atoms with Gasteiger partial charge in [-0.1, -0.05) is 0 Å². The molecule has 104 valence electrons. The van der Waals surface area contributed by atoms with Crippen LogP contribution in [0.25, 0.3) is 0 Å². The van der Waals surface area contributed by atoms with Crippen molar-refractivity contribution in [2.45, 2.75) is 18.3 Å². The van der Waals surface area contributed by atoms with Gasteiger partial charge in [0.25, 0.3) is 0 Å². The molecule has 4 nitrogen and oxygen atoms in total. The molecule has 9 heteroatoms. The molecular weight excluding hydrogens is 288 g/mol. The first kappa shape index (κ1) is 15.2. The summed E-state index contributed by atoms with van der Waals surface area (Å²) in [5.41, 5.74) is -2.05. The quantitative estimate of drug-likeness (QED) is 0.871. The van der Waals surface area contributed by atoms with E-state index in [9.17, 15) is 26.0 Å². The SMILES string of the molecule is CC(C#N)S(=O)(=O)Nc1cc(C(F)(F)F)ccc1F. The number of nitrogens with zero attached hydrogens (tertiary/aromatic N) is 1. The summed E-state index contributed by atoms with van der Waals surface area (Å²) in [4.78, 5) is 0. The van der Waals surface area contributed by atoms with Gasteiger partial charge in [-0.25, -0.2) is 12.8 Å². The van der Waals surface area contributed by atoms with Crippen molar-refractivity contribution >= 4 is 15.7 Å². The van der Waals surface area contributed by atoms with Crippen LogP contribution in [0.4, 0.5) is 23.2 Å². The molecule has 1 unspecified atom stereocenters. The number of halogens is 4. The summed E-state index contributed by atoms with van der Waals surface area (Å²) in [6.07, 6.45) is -4.73. The second-order valence-electron chi connectivity index (χ2n) is 3.61. The highest BCUT2D eigenvalue weighted by Gasteiger charge is 2.32. The zero-order valence-corrected chi connectivity index (χ0v) is 10.3. The van der Waals surface area contributed by atoms with Gasteiger partial charge in [0.05, 0.1) is 17.3 Å². The molecular formula is C10H8F4N2O2S. The third kappa shape index (κ3) is 3.57. The van der Waals surface area contributed by atoms with Crippen LogP contribution in [-0.4, -0.2) is 13.7 Å². The van der Waals surface area contributed by atoms with E-state index in [0.717, 1.165) is 6.92 Å². The third-order valence-corrected chi connectivity index (χ3v) is 3.73. The zero-order valence-electron chi connectivity index (χ0n) is 9.49. The number of anilines is 1. The van der Waals surface area contributed by atoms with Crippen LogP contribution in [0.5, 0.6) is 0 Å². The van der Waals surface area contributed by atoms with Crippen molar-refractivity contribution in [2.75, 3.05) is 4.72 Å². The van der Waals surface area contributed by atoms with E-state index in [-0.39, 0.29) is 0 Å². The van der Waals surface area contributed by atoms with Gasteiger partial charge in [-0.15, -0.1) is 0 Å². The Balaban J connectivity index is 3.20. The topological polar surface area (TPSA) is 70.0 Å². The number of benzene rings is 1. The Morgan fingerprint density at radius 1 is 1.37 bits per heavy atom. The Kier molecular flexibility index (Phi) is 4.05. The van der Waals surface area contributed by atoms with E-state index in [1.54, 1.807) is 4.72 Å². The highest BCUT2D eigenvalue weighted by molar-refractivity contribution is 7.93. The molecule has 1 N–H and O–H groups in total. The molecule has 19 heavy (non-hydrogen) atoms. The molecule has 0 bridgehead atoms. The maximum atomic E-state index is 13.3. The zero-order chi connectivity index (χ0) is 14.8. The fourth-order valence-electron chi connectivity index (χ4n) is 1.09. The van der Waals surface area contributed by atoms with Gasteiger partial charge >= 0.3 is 6.18 Å². The predicted octanol–water partition coefficient (Wildman–Crippen LogP) is 2.50. The van der Waals surface area contributed by atoms with Crippen LogP contribution in [0, 0.1) is 17.1 Å². The van der Waals surface area contributed by atoms with Crippen LogP contribution < -0.4 is 4.72 Å². The second kappa shape index (κ2) is 5.05. The minimum absolute atomic E-state index is 0.330. The summed E-state index contributed by atoms with van der Waals surface area (Å²) in [6, 6.07) is 2.71. The van der Waals surface area contributed by atoms with Gasteiger partial charge in [-0.2, -0.15) is 18.4 Å². The summed E-state index contributed by atoms with van der Waals surface area (Å²) < 4.78 is 75.0. The summed E-state index contributed by atoms with van der Waals surface area (Å²) in [7, 11) is -4.27. The number of hydrogen-bond donors (Lipinski definition) is 1. The van der Waals surface area contributed by atoms with Crippen molar-refractivity contribution in [1.29, 1.82) is 5.26 Å². The lowest BCUT2D eigenvalue weighted by Gasteiger charge is -2.12. The van der Waals surface area contributed by atoms with Gasteiger partial charge in [0.15, 0.2) is 5.25 Å². The lowest BCUT2D eigenvalue weighted by molar-refractivity contribution is -0.137. The van der Waals surface area contributed by atoms with Crippen molar-refractivity contribution in [3.05, 3.63) is 29.6 Å². The molecule has 0 aliphatic rings. The summed E-state index contributed by atoms with van der Waals surface area (Å²) in [6.45, 7) is 1.02. The van der Waals surface area contributed by atoms with Gasteiger partial charge in [-0.05, 0) is 25.1 Å². The molecule has 0 radical (unpaired) electrons. The van der Waals surface area contributed by atoms with Gasteiger partial charge in [-0.3, -0.25) is 4.72 Å². The first-order valence-electron chi connectivity index (χ1n) is 4.86. The number of hydrogen-bond acceptors (Lipinski definition) is 3. The fraction of sp³-hybridized carbons (Fsp3) is 0.300.